The molecule has 1 aliphatic heterocycles. The van der Waals surface area contributed by atoms with Gasteiger partial charge in [0.2, 0.25) is 0 Å². The number of hydrogen-bond donors (Lipinski definition) is 1. The maximum absolute atomic E-state index is 5.41. The molecular weight excluding hydrogens is 166 g/mol. The zero-order valence-electron chi connectivity index (χ0n) is 8.29. The first-order chi connectivity index (χ1) is 6.43. The number of allylic oxidation sites excluding steroid dienone is 1. The summed E-state index contributed by atoms with van der Waals surface area (Å²) >= 11 is 0. The Labute approximate surface area is 80.1 Å². The van der Waals surface area contributed by atoms with Crippen LogP contribution in [0.4, 0.5) is 0 Å². The average molecular weight is 185 g/mol. The summed E-state index contributed by atoms with van der Waals surface area (Å²) in [6.45, 7) is 2.80. The van der Waals surface area contributed by atoms with Gasteiger partial charge in [-0.3, -0.25) is 0 Å². The van der Waals surface area contributed by atoms with Crippen LogP contribution in [-0.4, -0.2) is 32.9 Å². The minimum Gasteiger partial charge on any atom is -0.497 e. The molecule has 3 heteroatoms. The van der Waals surface area contributed by atoms with Gasteiger partial charge in [-0.25, -0.2) is 0 Å². The fraction of sp³-hybridized carbons (Fsp3) is 0.800. The first kappa shape index (κ1) is 10.5. The van der Waals surface area contributed by atoms with E-state index in [0.717, 1.165) is 39.0 Å². The highest BCUT2D eigenvalue weighted by molar-refractivity contribution is 4.82. The molecule has 0 aromatic heterocycles. The largest absolute Gasteiger partial charge is 0.497 e. The Bertz CT molecular complexity index is 148. The lowest BCUT2D eigenvalue weighted by molar-refractivity contribution is 0.121. The Morgan fingerprint density at radius 1 is 1.62 bits per heavy atom. The zero-order valence-corrected chi connectivity index (χ0v) is 8.29. The molecule has 0 spiro atoms. The number of hydrogen-bond acceptors (Lipinski definition) is 3. The normalized spacial score (nSPS) is 21.5. The van der Waals surface area contributed by atoms with Gasteiger partial charge in [0.25, 0.3) is 0 Å². The molecule has 1 N–H and O–H groups in total. The molecule has 76 valence electrons. The molecule has 0 saturated heterocycles. The van der Waals surface area contributed by atoms with Gasteiger partial charge < -0.3 is 14.8 Å². The van der Waals surface area contributed by atoms with Crippen molar-refractivity contribution in [2.24, 2.45) is 0 Å². The van der Waals surface area contributed by atoms with E-state index in [2.05, 4.69) is 11.4 Å². The second kappa shape index (κ2) is 6.92. The van der Waals surface area contributed by atoms with Crippen LogP contribution in [0.25, 0.3) is 0 Å². The van der Waals surface area contributed by atoms with Crippen LogP contribution in [0.5, 0.6) is 0 Å². The Morgan fingerprint density at radius 2 is 2.54 bits per heavy atom. The second-order valence-corrected chi connectivity index (χ2v) is 3.26. The fourth-order valence-electron chi connectivity index (χ4n) is 1.34. The minimum atomic E-state index is 0.368. The third-order valence-electron chi connectivity index (χ3n) is 2.10. The SMILES string of the molecule is COCCCNCC1CCC=CO1. The molecule has 1 unspecified atom stereocenters. The highest BCUT2D eigenvalue weighted by Crippen LogP contribution is 2.08. The van der Waals surface area contributed by atoms with E-state index in [0.29, 0.717) is 6.10 Å². The lowest BCUT2D eigenvalue weighted by Gasteiger charge is -2.19. The number of ether oxygens (including phenoxy) is 2. The molecule has 1 rings (SSSR count). The fourth-order valence-corrected chi connectivity index (χ4v) is 1.34. The van der Waals surface area contributed by atoms with Crippen molar-refractivity contribution >= 4 is 0 Å². The number of methoxy groups -OCH3 is 1. The molecule has 0 aromatic carbocycles. The molecule has 0 radical (unpaired) electrons. The molecule has 0 aromatic rings. The maximum Gasteiger partial charge on any atom is 0.110 e. The number of rotatable bonds is 6. The highest BCUT2D eigenvalue weighted by atomic mass is 16.5. The first-order valence-corrected chi connectivity index (χ1v) is 4.93. The average Bonchev–Trinajstić information content (AvgIpc) is 2.19. The smallest absolute Gasteiger partial charge is 0.110 e. The van der Waals surface area contributed by atoms with Crippen molar-refractivity contribution in [3.63, 3.8) is 0 Å². The Balaban J connectivity index is 1.90. The van der Waals surface area contributed by atoms with Crippen LogP contribution >= 0.6 is 0 Å². The van der Waals surface area contributed by atoms with E-state index in [1.54, 1.807) is 7.11 Å². The topological polar surface area (TPSA) is 30.5 Å². The van der Waals surface area contributed by atoms with E-state index < -0.39 is 0 Å². The zero-order chi connectivity index (χ0) is 9.36. The van der Waals surface area contributed by atoms with Crippen LogP contribution in [0.3, 0.4) is 0 Å². The quantitative estimate of drug-likeness (QED) is 0.633. The Morgan fingerprint density at radius 3 is 3.23 bits per heavy atom. The van der Waals surface area contributed by atoms with Crippen molar-refractivity contribution in [1.82, 2.24) is 5.32 Å². The van der Waals surface area contributed by atoms with Gasteiger partial charge in [-0.05, 0) is 31.9 Å². The van der Waals surface area contributed by atoms with Crippen LogP contribution in [0.1, 0.15) is 19.3 Å². The summed E-state index contributed by atoms with van der Waals surface area (Å²) in [6, 6.07) is 0. The molecule has 3 nitrogen and oxygen atoms in total. The van der Waals surface area contributed by atoms with Crippen molar-refractivity contribution in [3.05, 3.63) is 12.3 Å². The summed E-state index contributed by atoms with van der Waals surface area (Å²) in [5, 5.41) is 3.35. The minimum absolute atomic E-state index is 0.368. The van der Waals surface area contributed by atoms with E-state index >= 15 is 0 Å². The monoisotopic (exact) mass is 185 g/mol. The lowest BCUT2D eigenvalue weighted by Crippen LogP contribution is -2.30. The summed E-state index contributed by atoms with van der Waals surface area (Å²) in [6.07, 6.45) is 7.59. The predicted octanol–water partition coefficient (Wildman–Crippen LogP) is 1.31. The molecule has 1 heterocycles. The third-order valence-corrected chi connectivity index (χ3v) is 2.10. The molecule has 0 amide bonds. The van der Waals surface area contributed by atoms with E-state index in [4.69, 9.17) is 9.47 Å². The second-order valence-electron chi connectivity index (χ2n) is 3.26. The summed E-state index contributed by atoms with van der Waals surface area (Å²) in [4.78, 5) is 0. The molecule has 1 aliphatic rings. The van der Waals surface area contributed by atoms with Gasteiger partial charge in [0, 0.05) is 20.3 Å². The van der Waals surface area contributed by atoms with Crippen molar-refractivity contribution in [1.29, 1.82) is 0 Å². The van der Waals surface area contributed by atoms with Gasteiger partial charge in [0.1, 0.15) is 6.10 Å². The van der Waals surface area contributed by atoms with Crippen molar-refractivity contribution < 1.29 is 9.47 Å². The van der Waals surface area contributed by atoms with Crippen LogP contribution in [0, 0.1) is 0 Å². The number of nitrogens with one attached hydrogen (secondary N) is 1. The van der Waals surface area contributed by atoms with E-state index in [-0.39, 0.29) is 0 Å². The van der Waals surface area contributed by atoms with Crippen LogP contribution < -0.4 is 5.32 Å². The standard InChI is InChI=1S/C10H19NO2/c1-12-7-4-6-11-9-10-5-2-3-8-13-10/h3,8,10-11H,2,4-7,9H2,1H3. The Kier molecular flexibility index (Phi) is 5.61. The summed E-state index contributed by atoms with van der Waals surface area (Å²) in [5.41, 5.74) is 0. The molecule has 13 heavy (non-hydrogen) atoms. The van der Waals surface area contributed by atoms with E-state index in [9.17, 15) is 0 Å². The van der Waals surface area contributed by atoms with Crippen LogP contribution in [0.15, 0.2) is 12.3 Å². The first-order valence-electron chi connectivity index (χ1n) is 4.93. The molecule has 0 saturated carbocycles. The third kappa shape index (κ3) is 4.90. The molecule has 1 atom stereocenters. The molecular formula is C10H19NO2. The maximum atomic E-state index is 5.41. The van der Waals surface area contributed by atoms with Gasteiger partial charge in [0.15, 0.2) is 0 Å². The summed E-state index contributed by atoms with van der Waals surface area (Å²) in [7, 11) is 1.73. The molecule has 0 fully saturated rings. The van der Waals surface area contributed by atoms with Gasteiger partial charge in [-0.1, -0.05) is 0 Å². The lowest BCUT2D eigenvalue weighted by atomic mass is 10.1. The summed E-state index contributed by atoms with van der Waals surface area (Å²) < 4.78 is 10.4. The van der Waals surface area contributed by atoms with Gasteiger partial charge >= 0.3 is 0 Å². The van der Waals surface area contributed by atoms with Crippen LogP contribution in [0.2, 0.25) is 0 Å². The van der Waals surface area contributed by atoms with Crippen molar-refractivity contribution in [3.8, 4) is 0 Å². The van der Waals surface area contributed by atoms with Crippen molar-refractivity contribution in [2.75, 3.05) is 26.8 Å². The predicted molar refractivity (Wildman–Crippen MR) is 52.6 cm³/mol. The highest BCUT2D eigenvalue weighted by Gasteiger charge is 2.09. The molecule has 0 aliphatic carbocycles. The summed E-state index contributed by atoms with van der Waals surface area (Å²) in [5.74, 6) is 0. The van der Waals surface area contributed by atoms with E-state index in [1.165, 1.54) is 0 Å². The van der Waals surface area contributed by atoms with Crippen LogP contribution in [-0.2, 0) is 9.47 Å². The van der Waals surface area contributed by atoms with Gasteiger partial charge in [-0.2, -0.15) is 0 Å². The van der Waals surface area contributed by atoms with E-state index in [1.807, 2.05) is 6.26 Å². The van der Waals surface area contributed by atoms with Gasteiger partial charge in [-0.15, -0.1) is 0 Å². The Hall–Kier alpha value is -0.540. The van der Waals surface area contributed by atoms with Gasteiger partial charge in [0.05, 0.1) is 6.26 Å². The molecule has 0 bridgehead atoms. The van der Waals surface area contributed by atoms with Crippen molar-refractivity contribution in [2.45, 2.75) is 25.4 Å².